The zero-order valence-electron chi connectivity index (χ0n) is 9.33. The number of hydrogen-bond acceptors (Lipinski definition) is 3. The molecule has 0 bridgehead atoms. The van der Waals surface area contributed by atoms with Gasteiger partial charge in [-0.15, -0.1) is 0 Å². The predicted molar refractivity (Wildman–Crippen MR) is 62.9 cm³/mol. The van der Waals surface area contributed by atoms with E-state index in [9.17, 15) is 9.59 Å². The highest BCUT2D eigenvalue weighted by atomic mass is 16.2. The largest absolute Gasteiger partial charge is 0.397 e. The highest BCUT2D eigenvalue weighted by molar-refractivity contribution is 6.39. The number of likely N-dealkylation sites (N-methyl/N-ethyl adjacent to an activating group) is 1. The van der Waals surface area contributed by atoms with Crippen LogP contribution in [0.15, 0.2) is 18.2 Å². The lowest BCUT2D eigenvalue weighted by molar-refractivity contribution is -0.136. The fraction of sp³-hybridized carbons (Fsp3) is 0.273. The lowest BCUT2D eigenvalue weighted by Gasteiger charge is -2.08. The molecule has 0 saturated heterocycles. The summed E-state index contributed by atoms with van der Waals surface area (Å²) in [6.07, 6.45) is 0. The minimum absolute atomic E-state index is 0.412. The molecular formula is C11H15N3O2. The summed E-state index contributed by atoms with van der Waals surface area (Å²) in [7, 11) is 0. The molecule has 2 amide bonds. The summed E-state index contributed by atoms with van der Waals surface area (Å²) in [5, 5.41) is 4.87. The molecule has 0 saturated carbocycles. The second kappa shape index (κ2) is 5.16. The van der Waals surface area contributed by atoms with Crippen molar-refractivity contribution >= 4 is 23.2 Å². The molecule has 0 spiro atoms. The Kier molecular flexibility index (Phi) is 3.88. The number of rotatable bonds is 2. The van der Waals surface area contributed by atoms with Gasteiger partial charge in [0.2, 0.25) is 0 Å². The van der Waals surface area contributed by atoms with Gasteiger partial charge in [-0.3, -0.25) is 9.59 Å². The van der Waals surface area contributed by atoms with Gasteiger partial charge in [-0.2, -0.15) is 0 Å². The maximum atomic E-state index is 11.4. The number of benzene rings is 1. The summed E-state index contributed by atoms with van der Waals surface area (Å²) >= 11 is 0. The van der Waals surface area contributed by atoms with E-state index in [1.54, 1.807) is 19.1 Å². The molecule has 86 valence electrons. The van der Waals surface area contributed by atoms with Gasteiger partial charge < -0.3 is 16.4 Å². The number of hydrogen-bond donors (Lipinski definition) is 3. The topological polar surface area (TPSA) is 84.2 Å². The van der Waals surface area contributed by atoms with Crippen LogP contribution < -0.4 is 16.4 Å². The molecule has 1 aromatic rings. The molecule has 16 heavy (non-hydrogen) atoms. The first-order chi connectivity index (χ1) is 7.54. The Balaban J connectivity index is 2.76. The molecule has 1 aromatic carbocycles. The summed E-state index contributed by atoms with van der Waals surface area (Å²) in [6.45, 7) is 4.03. The summed E-state index contributed by atoms with van der Waals surface area (Å²) in [6, 6.07) is 5.23. The normalized spacial score (nSPS) is 9.62. The first-order valence-electron chi connectivity index (χ1n) is 5.00. The number of nitrogens with one attached hydrogen (secondary N) is 2. The van der Waals surface area contributed by atoms with Crippen LogP contribution >= 0.6 is 0 Å². The maximum absolute atomic E-state index is 11.4. The molecule has 0 fully saturated rings. The lowest BCUT2D eigenvalue weighted by atomic mass is 10.2. The second-order valence-electron chi connectivity index (χ2n) is 3.40. The summed E-state index contributed by atoms with van der Waals surface area (Å²) in [4.78, 5) is 22.6. The van der Waals surface area contributed by atoms with Gasteiger partial charge in [-0.25, -0.2) is 0 Å². The molecule has 1 rings (SSSR count). The molecular weight excluding hydrogens is 206 g/mol. The highest BCUT2D eigenvalue weighted by Crippen LogP contribution is 2.19. The third-order valence-electron chi connectivity index (χ3n) is 2.00. The van der Waals surface area contributed by atoms with Crippen LogP contribution in [0.5, 0.6) is 0 Å². The molecule has 0 unspecified atom stereocenters. The summed E-state index contributed by atoms with van der Waals surface area (Å²) in [5.74, 6) is -1.37. The van der Waals surface area contributed by atoms with E-state index < -0.39 is 11.8 Å². The molecule has 0 aliphatic carbocycles. The predicted octanol–water partition coefficient (Wildman–Crippen LogP) is 0.652. The number of carbonyl (C=O) groups is 2. The highest BCUT2D eigenvalue weighted by Gasteiger charge is 2.13. The van der Waals surface area contributed by atoms with Gasteiger partial charge in [0.15, 0.2) is 0 Å². The van der Waals surface area contributed by atoms with Crippen molar-refractivity contribution in [1.29, 1.82) is 0 Å². The van der Waals surface area contributed by atoms with Gasteiger partial charge in [-0.05, 0) is 31.5 Å². The van der Waals surface area contributed by atoms with Gasteiger partial charge in [0, 0.05) is 6.54 Å². The first kappa shape index (κ1) is 12.0. The third-order valence-corrected chi connectivity index (χ3v) is 2.00. The van der Waals surface area contributed by atoms with Gasteiger partial charge in [-0.1, -0.05) is 6.07 Å². The van der Waals surface area contributed by atoms with Crippen LogP contribution in [0.1, 0.15) is 12.5 Å². The minimum atomic E-state index is -0.709. The first-order valence-corrected chi connectivity index (χ1v) is 5.00. The van der Waals surface area contributed by atoms with Crippen LogP contribution in [0, 0.1) is 6.92 Å². The Morgan fingerprint density at radius 2 is 2.00 bits per heavy atom. The third kappa shape index (κ3) is 2.98. The monoisotopic (exact) mass is 221 g/mol. The molecule has 5 heteroatoms. The van der Waals surface area contributed by atoms with E-state index in [2.05, 4.69) is 10.6 Å². The Hall–Kier alpha value is -2.04. The van der Waals surface area contributed by atoms with E-state index in [4.69, 9.17) is 5.73 Å². The number of anilines is 2. The molecule has 0 heterocycles. The van der Waals surface area contributed by atoms with E-state index in [1.807, 2.05) is 13.0 Å². The number of carbonyl (C=O) groups excluding carboxylic acids is 2. The maximum Gasteiger partial charge on any atom is 0.313 e. The fourth-order valence-corrected chi connectivity index (χ4v) is 1.20. The zero-order valence-corrected chi connectivity index (χ0v) is 9.33. The van der Waals surface area contributed by atoms with Crippen LogP contribution in [0.2, 0.25) is 0 Å². The summed E-state index contributed by atoms with van der Waals surface area (Å²) in [5.41, 5.74) is 7.51. The van der Waals surface area contributed by atoms with Crippen molar-refractivity contribution in [3.05, 3.63) is 23.8 Å². The minimum Gasteiger partial charge on any atom is -0.397 e. The quantitative estimate of drug-likeness (QED) is 0.506. The van der Waals surface area contributed by atoms with E-state index >= 15 is 0 Å². The van der Waals surface area contributed by atoms with Crippen molar-refractivity contribution in [2.24, 2.45) is 0 Å². The Morgan fingerprint density at radius 1 is 1.31 bits per heavy atom. The van der Waals surface area contributed by atoms with Crippen molar-refractivity contribution in [3.8, 4) is 0 Å². The molecule has 5 nitrogen and oxygen atoms in total. The molecule has 4 N–H and O–H groups in total. The standard InChI is InChI=1S/C11H15N3O2/c1-3-13-10(15)11(16)14-9-6-7(2)4-5-8(9)12/h4-6H,3,12H2,1-2H3,(H,13,15)(H,14,16). The van der Waals surface area contributed by atoms with Gasteiger partial charge in [0.1, 0.15) is 0 Å². The van der Waals surface area contributed by atoms with Crippen LogP contribution in [0.25, 0.3) is 0 Å². The van der Waals surface area contributed by atoms with E-state index in [0.29, 0.717) is 17.9 Å². The average Bonchev–Trinajstić information content (AvgIpc) is 2.23. The Labute approximate surface area is 94.0 Å². The molecule has 0 radical (unpaired) electrons. The number of nitrogen functional groups attached to an aromatic ring is 1. The molecule has 0 aromatic heterocycles. The van der Waals surface area contributed by atoms with Crippen molar-refractivity contribution in [3.63, 3.8) is 0 Å². The van der Waals surface area contributed by atoms with E-state index in [0.717, 1.165) is 5.56 Å². The molecule has 0 aliphatic rings. The number of nitrogens with two attached hydrogens (primary N) is 1. The lowest BCUT2D eigenvalue weighted by Crippen LogP contribution is -2.35. The van der Waals surface area contributed by atoms with Crippen LogP contribution in [0.3, 0.4) is 0 Å². The van der Waals surface area contributed by atoms with E-state index in [-0.39, 0.29) is 0 Å². The Bertz CT molecular complexity index is 416. The van der Waals surface area contributed by atoms with Crippen molar-refractivity contribution in [2.45, 2.75) is 13.8 Å². The van der Waals surface area contributed by atoms with Crippen molar-refractivity contribution < 1.29 is 9.59 Å². The average molecular weight is 221 g/mol. The van der Waals surface area contributed by atoms with Crippen LogP contribution in [-0.2, 0) is 9.59 Å². The SMILES string of the molecule is CCNC(=O)C(=O)Nc1cc(C)ccc1N. The number of amides is 2. The van der Waals surface area contributed by atoms with Crippen LogP contribution in [0.4, 0.5) is 11.4 Å². The van der Waals surface area contributed by atoms with E-state index in [1.165, 1.54) is 0 Å². The van der Waals surface area contributed by atoms with Crippen molar-refractivity contribution in [2.75, 3.05) is 17.6 Å². The zero-order chi connectivity index (χ0) is 12.1. The smallest absolute Gasteiger partial charge is 0.313 e. The van der Waals surface area contributed by atoms with Crippen molar-refractivity contribution in [1.82, 2.24) is 5.32 Å². The number of aryl methyl sites for hydroxylation is 1. The summed E-state index contributed by atoms with van der Waals surface area (Å²) < 4.78 is 0. The fourth-order valence-electron chi connectivity index (χ4n) is 1.20. The van der Waals surface area contributed by atoms with Gasteiger partial charge in [0.25, 0.3) is 0 Å². The van der Waals surface area contributed by atoms with Crippen LogP contribution in [-0.4, -0.2) is 18.4 Å². The second-order valence-corrected chi connectivity index (χ2v) is 3.40. The molecule has 0 aliphatic heterocycles. The molecule has 0 atom stereocenters. The van der Waals surface area contributed by atoms with Gasteiger partial charge >= 0.3 is 11.8 Å². The van der Waals surface area contributed by atoms with Gasteiger partial charge in [0.05, 0.1) is 11.4 Å². The Morgan fingerprint density at radius 3 is 2.62 bits per heavy atom.